The Bertz CT molecular complexity index is 805. The van der Waals surface area contributed by atoms with E-state index in [1.807, 2.05) is 0 Å². The fourth-order valence-electron chi connectivity index (χ4n) is 1.78. The van der Waals surface area contributed by atoms with Crippen molar-refractivity contribution in [3.63, 3.8) is 0 Å². The van der Waals surface area contributed by atoms with E-state index < -0.39 is 5.97 Å². The van der Waals surface area contributed by atoms with Crippen molar-refractivity contribution in [3.8, 4) is 22.0 Å². The van der Waals surface area contributed by atoms with Gasteiger partial charge in [0.15, 0.2) is 5.76 Å². The Balaban J connectivity index is 1.97. The van der Waals surface area contributed by atoms with Crippen LogP contribution in [0.3, 0.4) is 0 Å². The molecule has 0 bridgehead atoms. The fraction of sp³-hybridized carbons (Fsp3) is 0. The van der Waals surface area contributed by atoms with Crippen LogP contribution in [0.4, 0.5) is 0 Å². The monoisotopic (exact) mass is 339 g/mol. The Morgan fingerprint density at radius 3 is 2.52 bits per heavy atom. The molecule has 2 aromatic heterocycles. The van der Waals surface area contributed by atoms with Gasteiger partial charge < -0.3 is 9.52 Å². The third kappa shape index (κ3) is 2.95. The minimum absolute atomic E-state index is 0.0883. The first-order chi connectivity index (χ1) is 10.0. The molecule has 0 saturated carbocycles. The van der Waals surface area contributed by atoms with Gasteiger partial charge in [0.05, 0.1) is 5.56 Å². The minimum Gasteiger partial charge on any atom is -0.478 e. The van der Waals surface area contributed by atoms with Gasteiger partial charge in [0.25, 0.3) is 0 Å². The van der Waals surface area contributed by atoms with E-state index in [1.165, 1.54) is 23.7 Å². The standard InChI is InChI=1S/C14H7Cl2NO3S/c15-9-1-7(2-10(16)4-9)13-17-11(6-21-13)12-3-8(5-20-12)14(18)19/h1-6H,(H,18,19). The van der Waals surface area contributed by atoms with Crippen LogP contribution in [0.2, 0.25) is 10.0 Å². The minimum atomic E-state index is -1.04. The molecule has 3 aromatic rings. The quantitative estimate of drug-likeness (QED) is 0.723. The van der Waals surface area contributed by atoms with Crippen LogP contribution in [-0.2, 0) is 0 Å². The topological polar surface area (TPSA) is 63.3 Å². The van der Waals surface area contributed by atoms with E-state index in [0.717, 1.165) is 10.6 Å². The molecule has 7 heteroatoms. The number of aromatic carboxylic acids is 1. The highest BCUT2D eigenvalue weighted by Gasteiger charge is 2.13. The molecule has 0 fully saturated rings. The number of carbonyl (C=O) groups is 1. The van der Waals surface area contributed by atoms with E-state index in [1.54, 1.807) is 23.6 Å². The van der Waals surface area contributed by atoms with Crippen molar-refractivity contribution < 1.29 is 14.3 Å². The van der Waals surface area contributed by atoms with Crippen molar-refractivity contribution in [3.05, 3.63) is 51.5 Å². The Kier molecular flexibility index (Phi) is 3.71. The summed E-state index contributed by atoms with van der Waals surface area (Å²) in [5, 5.41) is 12.4. The van der Waals surface area contributed by atoms with Crippen molar-refractivity contribution in [1.29, 1.82) is 0 Å². The fourth-order valence-corrected chi connectivity index (χ4v) is 3.10. The summed E-state index contributed by atoms with van der Waals surface area (Å²) in [6, 6.07) is 6.61. The molecular weight excluding hydrogens is 333 g/mol. The van der Waals surface area contributed by atoms with Crippen LogP contribution in [0.15, 0.2) is 40.3 Å². The van der Waals surface area contributed by atoms with Crippen LogP contribution in [0, 0.1) is 0 Å². The van der Waals surface area contributed by atoms with Gasteiger partial charge in [-0.2, -0.15) is 0 Å². The number of thiazole rings is 1. The number of hydrogen-bond donors (Lipinski definition) is 1. The zero-order chi connectivity index (χ0) is 15.0. The van der Waals surface area contributed by atoms with Gasteiger partial charge in [0.1, 0.15) is 17.0 Å². The molecular formula is C14H7Cl2NO3S. The normalized spacial score (nSPS) is 10.8. The zero-order valence-corrected chi connectivity index (χ0v) is 12.7. The van der Waals surface area contributed by atoms with Crippen molar-refractivity contribution in [2.45, 2.75) is 0 Å². The van der Waals surface area contributed by atoms with Gasteiger partial charge in [-0.05, 0) is 18.2 Å². The lowest BCUT2D eigenvalue weighted by atomic mass is 10.2. The number of carboxylic acid groups (broad SMARTS) is 1. The van der Waals surface area contributed by atoms with Crippen molar-refractivity contribution in [1.82, 2.24) is 4.98 Å². The first kappa shape index (κ1) is 14.1. The maximum atomic E-state index is 10.8. The summed E-state index contributed by atoms with van der Waals surface area (Å²) in [5.74, 6) is -0.634. The average molecular weight is 340 g/mol. The van der Waals surface area contributed by atoms with Crippen LogP contribution in [0.5, 0.6) is 0 Å². The number of rotatable bonds is 3. The highest BCUT2D eigenvalue weighted by molar-refractivity contribution is 7.13. The number of carboxylic acids is 1. The summed E-state index contributed by atoms with van der Waals surface area (Å²) in [4.78, 5) is 15.3. The van der Waals surface area contributed by atoms with E-state index >= 15 is 0 Å². The molecule has 0 spiro atoms. The van der Waals surface area contributed by atoms with Crippen LogP contribution in [-0.4, -0.2) is 16.1 Å². The molecule has 0 atom stereocenters. The molecule has 21 heavy (non-hydrogen) atoms. The maximum absolute atomic E-state index is 10.8. The van der Waals surface area contributed by atoms with Crippen LogP contribution >= 0.6 is 34.5 Å². The molecule has 2 heterocycles. The largest absolute Gasteiger partial charge is 0.478 e. The van der Waals surface area contributed by atoms with Crippen LogP contribution in [0.25, 0.3) is 22.0 Å². The summed E-state index contributed by atoms with van der Waals surface area (Å²) in [6.07, 6.45) is 1.19. The van der Waals surface area contributed by atoms with E-state index in [4.69, 9.17) is 32.7 Å². The second-order valence-electron chi connectivity index (χ2n) is 4.20. The second-order valence-corrected chi connectivity index (χ2v) is 5.93. The highest BCUT2D eigenvalue weighted by Crippen LogP contribution is 2.32. The Morgan fingerprint density at radius 1 is 1.19 bits per heavy atom. The second kappa shape index (κ2) is 5.52. The predicted octanol–water partition coefficient (Wildman–Crippen LogP) is 5.08. The van der Waals surface area contributed by atoms with E-state index in [-0.39, 0.29) is 5.56 Å². The average Bonchev–Trinajstić information content (AvgIpc) is 3.07. The van der Waals surface area contributed by atoms with Gasteiger partial charge in [0.2, 0.25) is 0 Å². The number of benzene rings is 1. The molecule has 1 aromatic carbocycles. The van der Waals surface area contributed by atoms with E-state index in [2.05, 4.69) is 4.98 Å². The first-order valence-corrected chi connectivity index (χ1v) is 7.40. The summed E-state index contributed by atoms with van der Waals surface area (Å²) in [7, 11) is 0. The SMILES string of the molecule is O=C(O)c1coc(-c2csc(-c3cc(Cl)cc(Cl)c3)n2)c1. The van der Waals surface area contributed by atoms with Gasteiger partial charge in [-0.1, -0.05) is 23.2 Å². The van der Waals surface area contributed by atoms with Gasteiger partial charge in [-0.15, -0.1) is 11.3 Å². The number of aromatic nitrogens is 1. The van der Waals surface area contributed by atoms with Gasteiger partial charge in [0, 0.05) is 27.1 Å². The van der Waals surface area contributed by atoms with E-state index in [0.29, 0.717) is 21.5 Å². The summed E-state index contributed by atoms with van der Waals surface area (Å²) >= 11 is 13.3. The van der Waals surface area contributed by atoms with Crippen LogP contribution in [0.1, 0.15) is 10.4 Å². The Labute approximate surface area is 133 Å². The molecule has 0 amide bonds. The molecule has 3 rings (SSSR count). The van der Waals surface area contributed by atoms with Crippen molar-refractivity contribution in [2.75, 3.05) is 0 Å². The molecule has 1 N–H and O–H groups in total. The third-order valence-electron chi connectivity index (χ3n) is 2.71. The molecule has 0 aliphatic carbocycles. The summed E-state index contributed by atoms with van der Waals surface area (Å²) in [6.45, 7) is 0. The lowest BCUT2D eigenvalue weighted by Crippen LogP contribution is -1.91. The molecule has 106 valence electrons. The van der Waals surface area contributed by atoms with Gasteiger partial charge in [-0.3, -0.25) is 0 Å². The Hall–Kier alpha value is -1.82. The lowest BCUT2D eigenvalue weighted by Gasteiger charge is -1.98. The van der Waals surface area contributed by atoms with Crippen molar-refractivity contribution >= 4 is 40.5 Å². The lowest BCUT2D eigenvalue weighted by molar-refractivity contribution is 0.0696. The van der Waals surface area contributed by atoms with Crippen molar-refractivity contribution in [2.24, 2.45) is 0 Å². The third-order valence-corrected chi connectivity index (χ3v) is 4.04. The maximum Gasteiger partial charge on any atom is 0.338 e. The molecule has 0 unspecified atom stereocenters. The summed E-state index contributed by atoms with van der Waals surface area (Å²) < 4.78 is 5.22. The number of hydrogen-bond acceptors (Lipinski definition) is 4. The number of halogens is 2. The predicted molar refractivity (Wildman–Crippen MR) is 82.2 cm³/mol. The smallest absolute Gasteiger partial charge is 0.338 e. The van der Waals surface area contributed by atoms with Gasteiger partial charge >= 0.3 is 5.97 Å². The first-order valence-electron chi connectivity index (χ1n) is 5.77. The Morgan fingerprint density at radius 2 is 1.90 bits per heavy atom. The molecule has 4 nitrogen and oxygen atoms in total. The van der Waals surface area contributed by atoms with E-state index in [9.17, 15) is 4.79 Å². The molecule has 0 saturated heterocycles. The van der Waals surface area contributed by atoms with Gasteiger partial charge in [-0.25, -0.2) is 9.78 Å². The molecule has 0 radical (unpaired) electrons. The number of furan rings is 1. The number of nitrogens with zero attached hydrogens (tertiary/aromatic N) is 1. The highest BCUT2D eigenvalue weighted by atomic mass is 35.5. The zero-order valence-electron chi connectivity index (χ0n) is 10.3. The van der Waals surface area contributed by atoms with Crippen LogP contribution < -0.4 is 0 Å². The summed E-state index contributed by atoms with van der Waals surface area (Å²) in [5.41, 5.74) is 1.46. The molecule has 0 aliphatic rings. The molecule has 0 aliphatic heterocycles.